The molecule has 0 spiro atoms. The number of hydrogen-bond donors (Lipinski definition) is 4. The van der Waals surface area contributed by atoms with Crippen molar-refractivity contribution in [2.24, 2.45) is 0 Å². The van der Waals surface area contributed by atoms with Crippen LogP contribution >= 0.6 is 0 Å². The van der Waals surface area contributed by atoms with Crippen molar-refractivity contribution < 1.29 is 28.7 Å². The number of nitrogens with one attached hydrogen (secondary N) is 4. The molecule has 1 aromatic carbocycles. The summed E-state index contributed by atoms with van der Waals surface area (Å²) in [5, 5.41) is 10.9. The molecule has 208 valence electrons. The van der Waals surface area contributed by atoms with Gasteiger partial charge in [0.2, 0.25) is 24.6 Å². The molecule has 0 aromatic heterocycles. The molecule has 5 amide bonds. The van der Waals surface area contributed by atoms with Crippen molar-refractivity contribution >= 4 is 36.2 Å². The van der Waals surface area contributed by atoms with Crippen LogP contribution < -0.4 is 21.3 Å². The number of ether oxygens (including phenoxy) is 1. The van der Waals surface area contributed by atoms with E-state index in [0.29, 0.717) is 55.8 Å². The number of benzene rings is 1. The normalized spacial score (nSPS) is 16.6. The van der Waals surface area contributed by atoms with Gasteiger partial charge in [-0.15, -0.1) is 0 Å². The number of imide groups is 1. The van der Waals surface area contributed by atoms with Gasteiger partial charge in [0.05, 0.1) is 19.8 Å². The third-order valence-electron chi connectivity index (χ3n) is 6.86. The summed E-state index contributed by atoms with van der Waals surface area (Å²) >= 11 is 0. The minimum Gasteiger partial charge on any atom is -0.379 e. The number of carbonyl (C=O) groups is 5. The Balaban J connectivity index is 1.38. The molecule has 0 radical (unpaired) electrons. The average Bonchev–Trinajstić information content (AvgIpc) is 3.25. The number of likely N-dealkylation sites (tertiary alicyclic amines) is 1. The fraction of sp³-hybridized carbons (Fsp3) is 0.577. The van der Waals surface area contributed by atoms with Gasteiger partial charge < -0.3 is 30.5 Å². The van der Waals surface area contributed by atoms with Crippen molar-refractivity contribution in [1.82, 2.24) is 25.8 Å². The molecule has 0 saturated carbocycles. The summed E-state index contributed by atoms with van der Waals surface area (Å²) in [5.41, 5.74) is 1.62. The lowest BCUT2D eigenvalue weighted by atomic mass is 10.1. The van der Waals surface area contributed by atoms with Crippen LogP contribution in [0.25, 0.3) is 0 Å². The minimum absolute atomic E-state index is 0.0855. The van der Waals surface area contributed by atoms with Gasteiger partial charge in [0.15, 0.2) is 0 Å². The van der Waals surface area contributed by atoms with Crippen LogP contribution in [0.4, 0.5) is 5.69 Å². The maximum Gasteiger partial charge on any atom is 0.255 e. The number of amides is 5. The predicted octanol–water partition coefficient (Wildman–Crippen LogP) is -0.161. The summed E-state index contributed by atoms with van der Waals surface area (Å²) in [5.74, 6) is -1.07. The van der Waals surface area contributed by atoms with Gasteiger partial charge in [-0.1, -0.05) is 19.4 Å². The van der Waals surface area contributed by atoms with E-state index in [9.17, 15) is 24.0 Å². The van der Waals surface area contributed by atoms with E-state index in [-0.39, 0.29) is 30.9 Å². The zero-order valence-corrected chi connectivity index (χ0v) is 21.9. The van der Waals surface area contributed by atoms with Gasteiger partial charge >= 0.3 is 0 Å². The van der Waals surface area contributed by atoms with E-state index in [1.165, 1.54) is 4.90 Å². The molecule has 0 aliphatic carbocycles. The standard InChI is InChI=1S/C26H38N6O6/c1-2-4-23(25(36)29-18-34)32-16-21-20(26(32)37)5-3-6-22(21)30-24(35)15-27-9-13-38-14-12-31-10-7-19(8-11-31)28-17-33/h3,5-6,17-19,23,27H,2,4,7-16H2,1H3,(H,28,33)(H,30,35)(H,29,34,36). The van der Waals surface area contributed by atoms with E-state index in [1.54, 1.807) is 18.2 Å². The Kier molecular flexibility index (Phi) is 11.7. The second kappa shape index (κ2) is 15.2. The molecule has 2 aliphatic rings. The molecule has 1 fully saturated rings. The van der Waals surface area contributed by atoms with Crippen LogP contribution in [-0.4, -0.2) is 98.4 Å². The fourth-order valence-electron chi connectivity index (χ4n) is 4.84. The molecule has 2 heterocycles. The SMILES string of the molecule is CCCC(C(=O)NC=O)N1Cc2c(NC(=O)CNCCOCCN3CCC(NC=O)CC3)cccc2C1=O. The Labute approximate surface area is 222 Å². The smallest absolute Gasteiger partial charge is 0.255 e. The number of anilines is 1. The summed E-state index contributed by atoms with van der Waals surface area (Å²) < 4.78 is 5.67. The van der Waals surface area contributed by atoms with E-state index >= 15 is 0 Å². The van der Waals surface area contributed by atoms with Crippen molar-refractivity contribution in [1.29, 1.82) is 0 Å². The largest absolute Gasteiger partial charge is 0.379 e. The molecular formula is C26H38N6O6. The number of hydrogen-bond acceptors (Lipinski definition) is 8. The van der Waals surface area contributed by atoms with Crippen LogP contribution in [-0.2, 0) is 30.5 Å². The van der Waals surface area contributed by atoms with E-state index in [0.717, 1.165) is 38.9 Å². The number of carbonyl (C=O) groups excluding carboxylic acids is 5. The molecule has 3 rings (SSSR count). The molecule has 1 unspecified atom stereocenters. The molecule has 1 aromatic rings. The Morgan fingerprint density at radius 2 is 1.95 bits per heavy atom. The van der Waals surface area contributed by atoms with Crippen LogP contribution in [0.1, 0.15) is 48.5 Å². The third-order valence-corrected chi connectivity index (χ3v) is 6.86. The summed E-state index contributed by atoms with van der Waals surface area (Å²) in [6.07, 6.45) is 4.06. The van der Waals surface area contributed by atoms with Crippen molar-refractivity contribution in [3.05, 3.63) is 29.3 Å². The summed E-state index contributed by atoms with van der Waals surface area (Å²) in [6.45, 7) is 6.46. The summed E-state index contributed by atoms with van der Waals surface area (Å²) in [6, 6.07) is 4.60. The first-order valence-electron chi connectivity index (χ1n) is 13.2. The molecule has 12 nitrogen and oxygen atoms in total. The van der Waals surface area contributed by atoms with Gasteiger partial charge in [0, 0.05) is 55.6 Å². The fourth-order valence-corrected chi connectivity index (χ4v) is 4.84. The Bertz CT molecular complexity index is 981. The Morgan fingerprint density at radius 3 is 2.66 bits per heavy atom. The Hall–Kier alpha value is -3.35. The highest BCUT2D eigenvalue weighted by Crippen LogP contribution is 2.31. The van der Waals surface area contributed by atoms with E-state index < -0.39 is 11.9 Å². The maximum atomic E-state index is 13.0. The Morgan fingerprint density at radius 1 is 1.16 bits per heavy atom. The number of nitrogens with zero attached hydrogens (tertiary/aromatic N) is 2. The monoisotopic (exact) mass is 530 g/mol. The van der Waals surface area contributed by atoms with Crippen LogP contribution in [0.5, 0.6) is 0 Å². The second-order valence-corrected chi connectivity index (χ2v) is 9.43. The van der Waals surface area contributed by atoms with Crippen LogP contribution in [0.15, 0.2) is 18.2 Å². The number of fused-ring (bicyclic) bond motifs is 1. The van der Waals surface area contributed by atoms with Crippen LogP contribution in [0.2, 0.25) is 0 Å². The van der Waals surface area contributed by atoms with Gasteiger partial charge in [-0.05, 0) is 31.4 Å². The zero-order chi connectivity index (χ0) is 27.3. The first kappa shape index (κ1) is 29.2. The highest BCUT2D eigenvalue weighted by atomic mass is 16.5. The van der Waals surface area contributed by atoms with E-state index in [1.807, 2.05) is 6.92 Å². The maximum absolute atomic E-state index is 13.0. The first-order valence-corrected chi connectivity index (χ1v) is 13.2. The zero-order valence-electron chi connectivity index (χ0n) is 21.9. The molecule has 4 N–H and O–H groups in total. The van der Waals surface area contributed by atoms with Crippen molar-refractivity contribution in [2.45, 2.75) is 51.2 Å². The van der Waals surface area contributed by atoms with Gasteiger partial charge in [-0.25, -0.2) is 0 Å². The van der Waals surface area contributed by atoms with Crippen LogP contribution in [0, 0.1) is 0 Å². The van der Waals surface area contributed by atoms with E-state index in [4.69, 9.17) is 4.74 Å². The van der Waals surface area contributed by atoms with Gasteiger partial charge in [-0.2, -0.15) is 0 Å². The van der Waals surface area contributed by atoms with Crippen molar-refractivity contribution in [3.8, 4) is 0 Å². The second-order valence-electron chi connectivity index (χ2n) is 9.43. The van der Waals surface area contributed by atoms with Gasteiger partial charge in [-0.3, -0.25) is 29.3 Å². The quantitative estimate of drug-likeness (QED) is 0.170. The average molecular weight is 531 g/mol. The van der Waals surface area contributed by atoms with Crippen molar-refractivity contribution in [2.75, 3.05) is 51.3 Å². The van der Waals surface area contributed by atoms with Crippen LogP contribution in [0.3, 0.4) is 0 Å². The topological polar surface area (TPSA) is 149 Å². The molecule has 38 heavy (non-hydrogen) atoms. The highest BCUT2D eigenvalue weighted by Gasteiger charge is 2.37. The van der Waals surface area contributed by atoms with Gasteiger partial charge in [0.25, 0.3) is 5.91 Å². The molecular weight excluding hydrogens is 492 g/mol. The lowest BCUT2D eigenvalue weighted by Crippen LogP contribution is -2.46. The molecule has 2 aliphatic heterocycles. The van der Waals surface area contributed by atoms with Crippen molar-refractivity contribution in [3.63, 3.8) is 0 Å². The third kappa shape index (κ3) is 8.07. The lowest BCUT2D eigenvalue weighted by molar-refractivity contribution is -0.129. The predicted molar refractivity (Wildman–Crippen MR) is 140 cm³/mol. The molecule has 1 atom stereocenters. The van der Waals surface area contributed by atoms with Gasteiger partial charge in [0.1, 0.15) is 6.04 Å². The first-order chi connectivity index (χ1) is 18.5. The summed E-state index contributed by atoms with van der Waals surface area (Å²) in [4.78, 5) is 62.9. The number of piperidine rings is 1. The highest BCUT2D eigenvalue weighted by molar-refractivity contribution is 6.04. The number of rotatable bonds is 16. The van der Waals surface area contributed by atoms with E-state index in [2.05, 4.69) is 26.2 Å². The minimum atomic E-state index is -0.762. The molecule has 1 saturated heterocycles. The lowest BCUT2D eigenvalue weighted by Gasteiger charge is -2.31. The molecule has 0 bridgehead atoms. The molecule has 12 heteroatoms. The summed E-state index contributed by atoms with van der Waals surface area (Å²) in [7, 11) is 0.